The van der Waals surface area contributed by atoms with Crippen LogP contribution in [-0.2, 0) is 28.8 Å². The Morgan fingerprint density at radius 3 is 0.400 bits per heavy atom. The largest absolute Gasteiger partial charge is 3.00 e. The zero-order valence-corrected chi connectivity index (χ0v) is 32.1. The van der Waals surface area contributed by atoms with Crippen LogP contribution in [0.4, 0.5) is 0 Å². The van der Waals surface area contributed by atoms with Crippen molar-refractivity contribution in [1.29, 1.82) is 0 Å². The van der Waals surface area contributed by atoms with Gasteiger partial charge in [-0.1, -0.05) is 125 Å². The fourth-order valence-corrected chi connectivity index (χ4v) is 1.66. The summed E-state index contributed by atoms with van der Waals surface area (Å²) in [6.07, 6.45) is 3.67. The smallest absolute Gasteiger partial charge is 0.333 e. The summed E-state index contributed by atoms with van der Waals surface area (Å²) in [7, 11) is 0. The quantitative estimate of drug-likeness (QED) is 0.166. The molecule has 7 heteroatoms. The van der Waals surface area contributed by atoms with E-state index in [0.717, 1.165) is 0 Å². The molecule has 0 aliphatic heterocycles. The van der Waals surface area contributed by atoms with Crippen LogP contribution in [-0.4, -0.2) is 60.9 Å². The fraction of sp³-hybridized carbons (Fsp3) is 0.727. The number of hydrogen-bond acceptors (Lipinski definition) is 6. The molecule has 6 nitrogen and oxygen atoms in total. The maximum Gasteiger partial charge on any atom is 3.00 e. The molecule has 40 heavy (non-hydrogen) atoms. The average Bonchev–Trinajstić information content (AvgIpc) is 2.64. The predicted octanol–water partition coefficient (Wildman–Crippen LogP) is 6.88. The summed E-state index contributed by atoms with van der Waals surface area (Å²) in [5, 5.41) is 0. The molecule has 0 unspecified atom stereocenters. The van der Waals surface area contributed by atoms with Crippen LogP contribution < -0.4 is 0 Å². The van der Waals surface area contributed by atoms with Crippen molar-refractivity contribution in [2.24, 2.45) is 32.5 Å². The Labute approximate surface area is 265 Å². The molecular formula is C33H57BiO6. The molecule has 0 saturated heterocycles. The van der Waals surface area contributed by atoms with E-state index in [-0.39, 0.29) is 60.9 Å². The van der Waals surface area contributed by atoms with Crippen LogP contribution >= 0.6 is 0 Å². The normalized spacial score (nSPS) is 12.2. The third-order valence-corrected chi connectivity index (χ3v) is 5.22. The van der Waals surface area contributed by atoms with Crippen molar-refractivity contribution in [2.75, 3.05) is 0 Å². The van der Waals surface area contributed by atoms with Crippen molar-refractivity contribution in [2.45, 2.75) is 125 Å². The van der Waals surface area contributed by atoms with Gasteiger partial charge in [-0.3, -0.25) is 19.3 Å². The number of rotatable bonds is 6. The second kappa shape index (κ2) is 16.2. The SMILES string of the molecule is CC(C)(C)C(=O)[CH-]C(=O)C(C)(C)C.CC(C)(C)C(=O)[CH-]C(=O)C(C)(C)C.CC(C)(C)C(=O)[CH-]C(=O)C(C)(C)C.[Bi+3]. The van der Waals surface area contributed by atoms with E-state index in [1.807, 2.05) is 125 Å². The fourth-order valence-electron chi connectivity index (χ4n) is 1.66. The second-order valence-electron chi connectivity index (χ2n) is 16.1. The summed E-state index contributed by atoms with van der Waals surface area (Å²) in [6.45, 7) is 32.5. The van der Waals surface area contributed by atoms with Gasteiger partial charge >= 0.3 is 26.2 Å². The Balaban J connectivity index is -0.000000240. The van der Waals surface area contributed by atoms with Gasteiger partial charge in [0, 0.05) is 34.7 Å². The van der Waals surface area contributed by atoms with Gasteiger partial charge in [0.25, 0.3) is 0 Å². The molecule has 230 valence electrons. The van der Waals surface area contributed by atoms with Gasteiger partial charge < -0.3 is 28.8 Å². The van der Waals surface area contributed by atoms with E-state index >= 15 is 0 Å². The summed E-state index contributed by atoms with van der Waals surface area (Å²) in [5.41, 5.74) is -2.74. The summed E-state index contributed by atoms with van der Waals surface area (Å²) in [4.78, 5) is 68.7. The molecule has 2 radical (unpaired) electrons. The summed E-state index contributed by atoms with van der Waals surface area (Å²) in [6, 6.07) is 0. The number of hydrogen-bond donors (Lipinski definition) is 0. The molecular weight excluding hydrogens is 701 g/mol. The minimum Gasteiger partial charge on any atom is -0.333 e. The van der Waals surface area contributed by atoms with E-state index in [1.54, 1.807) is 0 Å². The van der Waals surface area contributed by atoms with Crippen molar-refractivity contribution in [3.63, 3.8) is 0 Å². The van der Waals surface area contributed by atoms with Crippen LogP contribution in [0.3, 0.4) is 0 Å². The van der Waals surface area contributed by atoms with Gasteiger partial charge in [-0.05, 0) is 32.5 Å². The second-order valence-corrected chi connectivity index (χ2v) is 16.1. The van der Waals surface area contributed by atoms with Crippen LogP contribution in [0.15, 0.2) is 0 Å². The van der Waals surface area contributed by atoms with Crippen LogP contribution in [0.25, 0.3) is 0 Å². The first kappa shape index (κ1) is 45.5. The van der Waals surface area contributed by atoms with Crippen molar-refractivity contribution >= 4 is 60.9 Å². The number of carbonyl (C=O) groups is 6. The van der Waals surface area contributed by atoms with Crippen LogP contribution in [0, 0.1) is 51.8 Å². The van der Waals surface area contributed by atoms with Crippen LogP contribution in [0.1, 0.15) is 125 Å². The molecule has 0 rings (SSSR count). The van der Waals surface area contributed by atoms with Crippen molar-refractivity contribution in [1.82, 2.24) is 0 Å². The number of Topliss-reactive ketones (excluding diaryl/α,β-unsaturated/α-hetero) is 6. The van der Waals surface area contributed by atoms with Crippen LogP contribution in [0.5, 0.6) is 0 Å². The minimum atomic E-state index is -0.457. The molecule has 0 saturated carbocycles. The molecule has 0 amide bonds. The van der Waals surface area contributed by atoms with E-state index in [9.17, 15) is 28.8 Å². The first-order valence-electron chi connectivity index (χ1n) is 13.5. The molecule has 0 spiro atoms. The molecule has 0 aromatic heterocycles. The van der Waals surface area contributed by atoms with Crippen LogP contribution in [0.2, 0.25) is 0 Å². The Morgan fingerprint density at radius 2 is 0.350 bits per heavy atom. The van der Waals surface area contributed by atoms with Gasteiger partial charge in [0.1, 0.15) is 0 Å². The summed E-state index contributed by atoms with van der Waals surface area (Å²) in [5.74, 6) is -0.625. The number of ketones is 6. The van der Waals surface area contributed by atoms with E-state index < -0.39 is 32.5 Å². The van der Waals surface area contributed by atoms with Gasteiger partial charge in [0.2, 0.25) is 0 Å². The molecule has 0 aromatic rings. The minimum absolute atomic E-state index is 0. The van der Waals surface area contributed by atoms with Crippen molar-refractivity contribution in [3.8, 4) is 0 Å². The van der Waals surface area contributed by atoms with E-state index in [0.29, 0.717) is 0 Å². The molecule has 0 N–H and O–H groups in total. The maximum atomic E-state index is 11.4. The molecule has 0 atom stereocenters. The third kappa shape index (κ3) is 21.3. The Morgan fingerprint density at radius 1 is 0.275 bits per heavy atom. The molecule has 0 aliphatic carbocycles. The first-order chi connectivity index (χ1) is 16.6. The monoisotopic (exact) mass is 758 g/mol. The van der Waals surface area contributed by atoms with E-state index in [2.05, 4.69) is 0 Å². The zero-order valence-electron chi connectivity index (χ0n) is 28.6. The standard InChI is InChI=1S/3C11H19O2.Bi/c3*1-10(2,3)8(12)7-9(13)11(4,5)6;/h3*7H,1-6H3;/q3*-1;+3. The van der Waals surface area contributed by atoms with Gasteiger partial charge in [-0.15, -0.1) is 0 Å². The zero-order chi connectivity index (χ0) is 32.6. The van der Waals surface area contributed by atoms with Gasteiger partial charge in [0.05, 0.1) is 0 Å². The first-order valence-corrected chi connectivity index (χ1v) is 13.5. The molecule has 0 fully saturated rings. The molecule has 0 heterocycles. The predicted molar refractivity (Wildman–Crippen MR) is 165 cm³/mol. The van der Waals surface area contributed by atoms with E-state index in [1.165, 1.54) is 19.3 Å². The van der Waals surface area contributed by atoms with Crippen molar-refractivity contribution in [3.05, 3.63) is 19.3 Å². The van der Waals surface area contributed by atoms with Gasteiger partial charge in [-0.2, -0.15) is 0 Å². The van der Waals surface area contributed by atoms with Gasteiger partial charge in [-0.25, -0.2) is 0 Å². The molecule has 0 aromatic carbocycles. The average molecular weight is 759 g/mol. The topological polar surface area (TPSA) is 102 Å². The number of carbonyl (C=O) groups excluding carboxylic acids is 6. The Kier molecular flexibility index (Phi) is 18.5. The van der Waals surface area contributed by atoms with Gasteiger partial charge in [0.15, 0.2) is 0 Å². The van der Waals surface area contributed by atoms with E-state index in [4.69, 9.17) is 0 Å². The summed E-state index contributed by atoms with van der Waals surface area (Å²) < 4.78 is 0. The molecule has 0 aliphatic rings. The Bertz CT molecular complexity index is 693. The summed E-state index contributed by atoms with van der Waals surface area (Å²) >= 11 is 0. The van der Waals surface area contributed by atoms with Crippen molar-refractivity contribution < 1.29 is 28.8 Å². The maximum absolute atomic E-state index is 11.4. The third-order valence-electron chi connectivity index (χ3n) is 5.22. The molecule has 0 bridgehead atoms. The Hall–Kier alpha value is -1.49.